The maximum Gasteiger partial charge on any atom is 0.313 e. The quantitative estimate of drug-likeness (QED) is 0.657. The largest absolute Gasteiger partial charge is 0.345 e. The molecule has 5 nitrogen and oxygen atoms in total. The molecule has 0 aliphatic carbocycles. The van der Waals surface area contributed by atoms with Gasteiger partial charge in [0.2, 0.25) is 0 Å². The molecule has 0 aromatic heterocycles. The number of allylic oxidation sites excluding steroid dienone is 1. The van der Waals surface area contributed by atoms with E-state index in [0.717, 1.165) is 32.5 Å². The molecule has 0 unspecified atom stereocenters. The second-order valence-corrected chi connectivity index (χ2v) is 6.26. The SMILES string of the molecule is CC(C)=CCN1CCC(NC(=O)C(=O)Nc2ccccc2F)CC1. The zero-order valence-electron chi connectivity index (χ0n) is 14.1. The summed E-state index contributed by atoms with van der Waals surface area (Å²) >= 11 is 0. The first-order valence-electron chi connectivity index (χ1n) is 8.18. The van der Waals surface area contributed by atoms with Crippen molar-refractivity contribution < 1.29 is 14.0 Å². The molecule has 0 spiro atoms. The van der Waals surface area contributed by atoms with Crippen molar-refractivity contribution in [2.75, 3.05) is 25.0 Å². The number of para-hydroxylation sites is 1. The van der Waals surface area contributed by atoms with E-state index in [9.17, 15) is 14.0 Å². The molecule has 1 aliphatic rings. The van der Waals surface area contributed by atoms with Crippen molar-refractivity contribution in [3.63, 3.8) is 0 Å². The van der Waals surface area contributed by atoms with E-state index in [1.807, 2.05) is 0 Å². The van der Waals surface area contributed by atoms with Gasteiger partial charge in [-0.2, -0.15) is 0 Å². The number of likely N-dealkylation sites (tertiary alicyclic amines) is 1. The van der Waals surface area contributed by atoms with Gasteiger partial charge in [0.05, 0.1) is 5.69 Å². The molecular formula is C18H24FN3O2. The average Bonchev–Trinajstić information content (AvgIpc) is 2.56. The molecule has 0 atom stereocenters. The number of hydrogen-bond acceptors (Lipinski definition) is 3. The lowest BCUT2D eigenvalue weighted by Gasteiger charge is -2.31. The van der Waals surface area contributed by atoms with Crippen molar-refractivity contribution in [2.45, 2.75) is 32.7 Å². The fraction of sp³-hybridized carbons (Fsp3) is 0.444. The number of nitrogens with zero attached hydrogens (tertiary/aromatic N) is 1. The van der Waals surface area contributed by atoms with Crippen LogP contribution in [0.2, 0.25) is 0 Å². The summed E-state index contributed by atoms with van der Waals surface area (Å²) in [4.78, 5) is 26.1. The van der Waals surface area contributed by atoms with E-state index in [2.05, 4.69) is 35.5 Å². The number of carbonyl (C=O) groups excluding carboxylic acids is 2. The third-order valence-electron chi connectivity index (χ3n) is 4.01. The number of rotatable bonds is 4. The first kappa shape index (κ1) is 18.1. The van der Waals surface area contributed by atoms with E-state index in [4.69, 9.17) is 0 Å². The lowest BCUT2D eigenvalue weighted by Crippen LogP contribution is -2.47. The summed E-state index contributed by atoms with van der Waals surface area (Å²) < 4.78 is 13.5. The number of amides is 2. The number of hydrogen-bond donors (Lipinski definition) is 2. The van der Waals surface area contributed by atoms with E-state index in [0.29, 0.717) is 0 Å². The van der Waals surface area contributed by atoms with Gasteiger partial charge in [0.15, 0.2) is 0 Å². The normalized spacial score (nSPS) is 15.6. The average molecular weight is 333 g/mol. The maximum atomic E-state index is 13.5. The lowest BCUT2D eigenvalue weighted by atomic mass is 10.0. The molecule has 0 saturated carbocycles. The van der Waals surface area contributed by atoms with Gasteiger partial charge in [-0.15, -0.1) is 0 Å². The van der Waals surface area contributed by atoms with E-state index < -0.39 is 17.6 Å². The van der Waals surface area contributed by atoms with Crippen LogP contribution in [0.5, 0.6) is 0 Å². The molecule has 2 rings (SSSR count). The van der Waals surface area contributed by atoms with Gasteiger partial charge in [-0.05, 0) is 38.8 Å². The molecule has 1 aromatic carbocycles. The summed E-state index contributed by atoms with van der Waals surface area (Å²) in [5.74, 6) is -2.13. The van der Waals surface area contributed by atoms with Crippen LogP contribution < -0.4 is 10.6 Å². The van der Waals surface area contributed by atoms with Crippen LogP contribution in [-0.2, 0) is 9.59 Å². The minimum atomic E-state index is -0.841. The minimum Gasteiger partial charge on any atom is -0.345 e. The molecular weight excluding hydrogens is 309 g/mol. The first-order valence-corrected chi connectivity index (χ1v) is 8.18. The highest BCUT2D eigenvalue weighted by atomic mass is 19.1. The van der Waals surface area contributed by atoms with Crippen LogP contribution in [0.1, 0.15) is 26.7 Å². The van der Waals surface area contributed by atoms with Crippen molar-refractivity contribution in [1.82, 2.24) is 10.2 Å². The van der Waals surface area contributed by atoms with Crippen LogP contribution >= 0.6 is 0 Å². The van der Waals surface area contributed by atoms with Gasteiger partial charge < -0.3 is 10.6 Å². The molecule has 1 aromatic rings. The number of halogens is 1. The molecule has 130 valence electrons. The predicted molar refractivity (Wildman–Crippen MR) is 92.1 cm³/mol. The summed E-state index contributed by atoms with van der Waals surface area (Å²) in [7, 11) is 0. The van der Waals surface area contributed by atoms with Crippen molar-refractivity contribution >= 4 is 17.5 Å². The standard InChI is InChI=1S/C18H24FN3O2/c1-13(2)7-10-22-11-8-14(9-12-22)20-17(23)18(24)21-16-6-4-3-5-15(16)19/h3-7,14H,8-12H2,1-2H3,(H,20,23)(H,21,24). The second-order valence-electron chi connectivity index (χ2n) is 6.26. The summed E-state index contributed by atoms with van der Waals surface area (Å²) in [5, 5.41) is 5.03. The van der Waals surface area contributed by atoms with Crippen LogP contribution in [0.4, 0.5) is 10.1 Å². The number of carbonyl (C=O) groups is 2. The van der Waals surface area contributed by atoms with Crippen molar-refractivity contribution in [3.05, 3.63) is 41.7 Å². The zero-order chi connectivity index (χ0) is 17.5. The Morgan fingerprint density at radius 3 is 2.50 bits per heavy atom. The molecule has 1 saturated heterocycles. The van der Waals surface area contributed by atoms with Crippen molar-refractivity contribution in [3.8, 4) is 0 Å². The summed E-state index contributed by atoms with van der Waals surface area (Å²) in [5.41, 5.74) is 1.30. The van der Waals surface area contributed by atoms with Crippen LogP contribution in [0.25, 0.3) is 0 Å². The molecule has 1 fully saturated rings. The number of anilines is 1. The van der Waals surface area contributed by atoms with Crippen molar-refractivity contribution in [1.29, 1.82) is 0 Å². The topological polar surface area (TPSA) is 61.4 Å². The van der Waals surface area contributed by atoms with Gasteiger partial charge in [0.1, 0.15) is 5.82 Å². The highest BCUT2D eigenvalue weighted by Crippen LogP contribution is 2.13. The zero-order valence-corrected chi connectivity index (χ0v) is 14.1. The predicted octanol–water partition coefficient (Wildman–Crippen LogP) is 2.31. The van der Waals surface area contributed by atoms with Gasteiger partial charge in [0, 0.05) is 25.7 Å². The number of nitrogens with one attached hydrogen (secondary N) is 2. The Labute approximate surface area is 141 Å². The monoisotopic (exact) mass is 333 g/mol. The Bertz CT molecular complexity index is 618. The molecule has 0 bridgehead atoms. The molecule has 2 amide bonds. The van der Waals surface area contributed by atoms with Crippen LogP contribution in [-0.4, -0.2) is 42.4 Å². The van der Waals surface area contributed by atoms with Gasteiger partial charge >= 0.3 is 11.8 Å². The highest BCUT2D eigenvalue weighted by molar-refractivity contribution is 6.39. The van der Waals surface area contributed by atoms with Crippen LogP contribution in [0, 0.1) is 5.82 Å². The smallest absolute Gasteiger partial charge is 0.313 e. The Morgan fingerprint density at radius 2 is 1.88 bits per heavy atom. The summed E-state index contributed by atoms with van der Waals surface area (Å²) in [6.07, 6.45) is 3.78. The first-order chi connectivity index (χ1) is 11.5. The minimum absolute atomic E-state index is 0.00851. The summed E-state index contributed by atoms with van der Waals surface area (Å²) in [6.45, 7) is 6.81. The Kier molecular flexibility index (Phi) is 6.49. The van der Waals surface area contributed by atoms with E-state index in [1.165, 1.54) is 23.8 Å². The molecule has 0 radical (unpaired) electrons. The molecule has 1 aliphatic heterocycles. The van der Waals surface area contributed by atoms with Crippen LogP contribution in [0.3, 0.4) is 0 Å². The fourth-order valence-electron chi connectivity index (χ4n) is 2.56. The third-order valence-corrected chi connectivity index (χ3v) is 4.01. The molecule has 6 heteroatoms. The van der Waals surface area contributed by atoms with Gasteiger partial charge in [-0.1, -0.05) is 23.8 Å². The Balaban J connectivity index is 1.78. The number of piperidine rings is 1. The Hall–Kier alpha value is -2.21. The molecule has 24 heavy (non-hydrogen) atoms. The molecule has 2 N–H and O–H groups in total. The van der Waals surface area contributed by atoms with Gasteiger partial charge in [-0.25, -0.2) is 4.39 Å². The van der Waals surface area contributed by atoms with Crippen molar-refractivity contribution in [2.24, 2.45) is 0 Å². The summed E-state index contributed by atoms with van der Waals surface area (Å²) in [6, 6.07) is 5.75. The lowest BCUT2D eigenvalue weighted by molar-refractivity contribution is -0.136. The number of benzene rings is 1. The third kappa shape index (κ3) is 5.45. The fourth-order valence-corrected chi connectivity index (χ4v) is 2.56. The maximum absolute atomic E-state index is 13.5. The van der Waals surface area contributed by atoms with E-state index in [-0.39, 0.29) is 11.7 Å². The van der Waals surface area contributed by atoms with Gasteiger partial charge in [-0.3, -0.25) is 14.5 Å². The van der Waals surface area contributed by atoms with Crippen LogP contribution in [0.15, 0.2) is 35.9 Å². The Morgan fingerprint density at radius 1 is 1.21 bits per heavy atom. The highest BCUT2D eigenvalue weighted by Gasteiger charge is 2.23. The van der Waals surface area contributed by atoms with E-state index in [1.54, 1.807) is 6.07 Å². The second kappa shape index (κ2) is 8.59. The van der Waals surface area contributed by atoms with E-state index >= 15 is 0 Å². The molecule has 1 heterocycles. The van der Waals surface area contributed by atoms with Gasteiger partial charge in [0.25, 0.3) is 0 Å².